The Kier molecular flexibility index (Phi) is 9.45. The van der Waals surface area contributed by atoms with Crippen LogP contribution < -0.4 is 0 Å². The molecule has 0 bridgehead atoms. The number of aliphatic hydroxyl groups excluding tert-OH is 1. The molecule has 0 aliphatic heterocycles. The summed E-state index contributed by atoms with van der Waals surface area (Å²) < 4.78 is 0. The van der Waals surface area contributed by atoms with Crippen molar-refractivity contribution in [2.24, 2.45) is 22.7 Å². The van der Waals surface area contributed by atoms with Crippen LogP contribution in [0.3, 0.4) is 0 Å². The van der Waals surface area contributed by atoms with Crippen molar-refractivity contribution in [1.29, 1.82) is 0 Å². The maximum Gasteiger partial charge on any atom is 0.0653 e. The van der Waals surface area contributed by atoms with Crippen LogP contribution in [0.4, 0.5) is 0 Å². The van der Waals surface area contributed by atoms with Crippen molar-refractivity contribution >= 4 is 0 Å². The number of allylic oxidation sites excluding steroid dienone is 6. The van der Waals surface area contributed by atoms with Crippen LogP contribution in [0, 0.1) is 22.7 Å². The number of hydrogen-bond donors (Lipinski definition) is 2. The molecule has 0 heterocycles. The zero-order valence-electron chi connectivity index (χ0n) is 22.4. The predicted octanol–water partition coefficient (Wildman–Crippen LogP) is 8.15. The molecular formula is C30H52O2. The van der Waals surface area contributed by atoms with Crippen LogP contribution in [0.25, 0.3) is 0 Å². The second-order valence-corrected chi connectivity index (χ2v) is 12.4. The molecule has 2 aliphatic carbocycles. The number of hydrogen-bond acceptors (Lipinski definition) is 2. The van der Waals surface area contributed by atoms with Gasteiger partial charge < -0.3 is 10.2 Å². The van der Waals surface area contributed by atoms with Gasteiger partial charge in [0, 0.05) is 0 Å². The summed E-state index contributed by atoms with van der Waals surface area (Å²) in [6.07, 6.45) is 17.3. The van der Waals surface area contributed by atoms with Crippen LogP contribution >= 0.6 is 0 Å². The van der Waals surface area contributed by atoms with Gasteiger partial charge in [0.15, 0.2) is 0 Å². The van der Waals surface area contributed by atoms with Crippen LogP contribution in [0.1, 0.15) is 120 Å². The lowest BCUT2D eigenvalue weighted by atomic mass is 9.44. The van der Waals surface area contributed by atoms with Crippen LogP contribution in [-0.2, 0) is 0 Å². The van der Waals surface area contributed by atoms with E-state index in [0.717, 1.165) is 64.2 Å². The molecule has 32 heavy (non-hydrogen) atoms. The third-order valence-electron chi connectivity index (χ3n) is 9.07. The Morgan fingerprint density at radius 1 is 0.812 bits per heavy atom. The Labute approximate surface area is 199 Å². The molecule has 2 fully saturated rings. The SMILES string of the molecule is CC(C)=CCC/C(C)=C/CC/C(C)=C/CC[C@@H]1[C@@]2(C)CCC(O)C(C)(C)C2CC[C@@]1(C)O. The number of fused-ring (bicyclic) bond motifs is 1. The minimum Gasteiger partial charge on any atom is -0.393 e. The molecule has 0 radical (unpaired) electrons. The van der Waals surface area contributed by atoms with Gasteiger partial charge >= 0.3 is 0 Å². The summed E-state index contributed by atoms with van der Waals surface area (Å²) >= 11 is 0. The summed E-state index contributed by atoms with van der Waals surface area (Å²) in [6.45, 7) is 17.8. The van der Waals surface area contributed by atoms with Crippen molar-refractivity contribution in [3.63, 3.8) is 0 Å². The highest BCUT2D eigenvalue weighted by Crippen LogP contribution is 2.62. The molecule has 2 unspecified atom stereocenters. The molecule has 2 heteroatoms. The van der Waals surface area contributed by atoms with Crippen LogP contribution in [-0.4, -0.2) is 21.9 Å². The third kappa shape index (κ3) is 6.60. The fourth-order valence-corrected chi connectivity index (χ4v) is 6.99. The van der Waals surface area contributed by atoms with Crippen molar-refractivity contribution in [2.45, 2.75) is 131 Å². The lowest BCUT2D eigenvalue weighted by Gasteiger charge is -2.62. The van der Waals surface area contributed by atoms with Gasteiger partial charge in [0.05, 0.1) is 11.7 Å². The van der Waals surface area contributed by atoms with Gasteiger partial charge in [-0.25, -0.2) is 0 Å². The van der Waals surface area contributed by atoms with Gasteiger partial charge in [-0.3, -0.25) is 0 Å². The normalized spacial score (nSPS) is 35.4. The first-order chi connectivity index (χ1) is 14.8. The van der Waals surface area contributed by atoms with E-state index >= 15 is 0 Å². The first-order valence-corrected chi connectivity index (χ1v) is 13.2. The lowest BCUT2D eigenvalue weighted by molar-refractivity contribution is -0.195. The summed E-state index contributed by atoms with van der Waals surface area (Å²) in [5, 5.41) is 22.0. The summed E-state index contributed by atoms with van der Waals surface area (Å²) in [7, 11) is 0. The number of aliphatic hydroxyl groups is 2. The van der Waals surface area contributed by atoms with Crippen LogP contribution in [0.2, 0.25) is 0 Å². The predicted molar refractivity (Wildman–Crippen MR) is 139 cm³/mol. The Bertz CT molecular complexity index is 704. The molecule has 0 amide bonds. The van der Waals surface area contributed by atoms with Crippen molar-refractivity contribution in [3.05, 3.63) is 34.9 Å². The minimum absolute atomic E-state index is 0.0662. The molecular weight excluding hydrogens is 392 g/mol. The van der Waals surface area contributed by atoms with Gasteiger partial charge in [0.2, 0.25) is 0 Å². The fourth-order valence-electron chi connectivity index (χ4n) is 6.99. The monoisotopic (exact) mass is 444 g/mol. The van der Waals surface area contributed by atoms with E-state index in [-0.39, 0.29) is 16.9 Å². The van der Waals surface area contributed by atoms with Crippen molar-refractivity contribution in [2.75, 3.05) is 0 Å². The zero-order valence-corrected chi connectivity index (χ0v) is 22.4. The van der Waals surface area contributed by atoms with E-state index in [1.165, 1.54) is 16.7 Å². The van der Waals surface area contributed by atoms with Crippen LogP contribution in [0.15, 0.2) is 34.9 Å². The Hall–Kier alpha value is -0.860. The van der Waals surface area contributed by atoms with Gasteiger partial charge in [-0.2, -0.15) is 0 Å². The summed E-state index contributed by atoms with van der Waals surface area (Å²) in [5.74, 6) is 0.773. The largest absolute Gasteiger partial charge is 0.393 e. The number of rotatable bonds is 9. The first-order valence-electron chi connectivity index (χ1n) is 13.2. The standard InChI is InChI=1S/C30H52O2/c1-22(2)12-9-13-23(3)14-10-15-24(4)16-11-17-26-29(7)20-19-27(31)28(5,6)25(29)18-21-30(26,8)32/h12,14,16,25-27,31-32H,9-11,13,15,17-21H2,1-8H3/b23-14+,24-16+/t25?,26-,27?,29+,30-/m1/s1. The van der Waals surface area contributed by atoms with Crippen molar-refractivity contribution < 1.29 is 10.2 Å². The Morgan fingerprint density at radius 2 is 1.38 bits per heavy atom. The highest BCUT2D eigenvalue weighted by molar-refractivity contribution is 5.10. The van der Waals surface area contributed by atoms with Gasteiger partial charge in [-0.1, -0.05) is 55.7 Å². The molecule has 2 aliphatic rings. The molecule has 2 rings (SSSR count). The van der Waals surface area contributed by atoms with E-state index in [1.807, 2.05) is 0 Å². The van der Waals surface area contributed by atoms with E-state index in [0.29, 0.717) is 11.8 Å². The Morgan fingerprint density at radius 3 is 1.97 bits per heavy atom. The van der Waals surface area contributed by atoms with Gasteiger partial charge in [0.25, 0.3) is 0 Å². The Balaban J connectivity index is 1.94. The molecule has 0 aromatic rings. The van der Waals surface area contributed by atoms with E-state index in [1.54, 1.807) is 0 Å². The second-order valence-electron chi connectivity index (χ2n) is 12.4. The van der Waals surface area contributed by atoms with E-state index in [9.17, 15) is 10.2 Å². The summed E-state index contributed by atoms with van der Waals surface area (Å²) in [4.78, 5) is 0. The second kappa shape index (κ2) is 11.0. The van der Waals surface area contributed by atoms with E-state index in [2.05, 4.69) is 73.6 Å². The molecule has 184 valence electrons. The summed E-state index contributed by atoms with van der Waals surface area (Å²) in [6, 6.07) is 0. The zero-order chi connectivity index (χ0) is 24.2. The van der Waals surface area contributed by atoms with Gasteiger partial charge in [-0.05, 0) is 121 Å². The quantitative estimate of drug-likeness (QED) is 0.352. The highest BCUT2D eigenvalue weighted by atomic mass is 16.3. The molecule has 5 atom stereocenters. The van der Waals surface area contributed by atoms with Crippen LogP contribution in [0.5, 0.6) is 0 Å². The smallest absolute Gasteiger partial charge is 0.0653 e. The molecule has 2 nitrogen and oxygen atoms in total. The lowest BCUT2D eigenvalue weighted by Crippen LogP contribution is -2.60. The maximum absolute atomic E-state index is 11.4. The van der Waals surface area contributed by atoms with Crippen molar-refractivity contribution in [3.8, 4) is 0 Å². The highest BCUT2D eigenvalue weighted by Gasteiger charge is 2.59. The molecule has 2 saturated carbocycles. The van der Waals surface area contributed by atoms with Gasteiger partial charge in [0.1, 0.15) is 0 Å². The third-order valence-corrected chi connectivity index (χ3v) is 9.07. The van der Waals surface area contributed by atoms with Crippen molar-refractivity contribution in [1.82, 2.24) is 0 Å². The van der Waals surface area contributed by atoms with Gasteiger partial charge in [-0.15, -0.1) is 0 Å². The molecule has 0 aromatic carbocycles. The maximum atomic E-state index is 11.4. The average molecular weight is 445 g/mol. The average Bonchev–Trinajstić information content (AvgIpc) is 2.67. The molecule has 0 aromatic heterocycles. The first kappa shape index (κ1) is 27.4. The van der Waals surface area contributed by atoms with E-state index in [4.69, 9.17) is 0 Å². The van der Waals surface area contributed by atoms with E-state index < -0.39 is 5.60 Å². The summed E-state index contributed by atoms with van der Waals surface area (Å²) in [5.41, 5.74) is 3.81. The molecule has 0 spiro atoms. The fraction of sp³-hybridized carbons (Fsp3) is 0.800. The minimum atomic E-state index is -0.601. The molecule has 0 saturated heterocycles. The molecule has 2 N–H and O–H groups in total. The topological polar surface area (TPSA) is 40.5 Å².